The maximum atomic E-state index is 11.3. The number of carbonyl (C=O) groups excluding carboxylic acids is 2. The lowest BCUT2D eigenvalue weighted by Gasteiger charge is -2.05. The number of hydrogen-bond acceptors (Lipinski definition) is 6. The van der Waals surface area contributed by atoms with E-state index in [4.69, 9.17) is 19.7 Å². The van der Waals surface area contributed by atoms with Crippen LogP contribution in [0.1, 0.15) is 51.4 Å². The molecule has 126 valence electrons. The normalized spacial score (nSPS) is 10.0. The minimum absolute atomic E-state index is 0.0407. The van der Waals surface area contributed by atoms with Crippen LogP contribution in [-0.4, -0.2) is 47.3 Å². The van der Waals surface area contributed by atoms with E-state index in [-0.39, 0.29) is 51.7 Å². The van der Waals surface area contributed by atoms with Crippen molar-refractivity contribution >= 4 is 23.9 Å². The Kier molecular flexibility index (Phi) is 11.4. The maximum absolute atomic E-state index is 11.3. The van der Waals surface area contributed by atoms with Gasteiger partial charge in [0, 0.05) is 25.7 Å². The molecule has 8 nitrogen and oxygen atoms in total. The molecule has 0 saturated carbocycles. The Morgan fingerprint density at radius 3 is 1.27 bits per heavy atom. The lowest BCUT2D eigenvalue weighted by molar-refractivity contribution is -0.147. The molecule has 0 heterocycles. The second kappa shape index (κ2) is 12.6. The number of carbonyl (C=O) groups is 4. The quantitative estimate of drug-likeness (QED) is 0.385. The fourth-order valence-electron chi connectivity index (χ4n) is 1.50. The molecule has 22 heavy (non-hydrogen) atoms. The second-order valence-electron chi connectivity index (χ2n) is 4.64. The molecule has 0 rings (SSSR count). The largest absolute Gasteiger partial charge is 0.481 e. The van der Waals surface area contributed by atoms with Crippen molar-refractivity contribution < 1.29 is 38.9 Å². The lowest BCUT2D eigenvalue weighted by Crippen LogP contribution is -2.09. The van der Waals surface area contributed by atoms with Gasteiger partial charge in [0.2, 0.25) is 0 Å². The van der Waals surface area contributed by atoms with Gasteiger partial charge in [0.1, 0.15) is 0 Å². The van der Waals surface area contributed by atoms with Gasteiger partial charge in [-0.25, -0.2) is 0 Å². The highest BCUT2D eigenvalue weighted by molar-refractivity contribution is 5.71. The van der Waals surface area contributed by atoms with E-state index < -0.39 is 23.9 Å². The van der Waals surface area contributed by atoms with Gasteiger partial charge >= 0.3 is 23.9 Å². The van der Waals surface area contributed by atoms with Crippen LogP contribution in [0.3, 0.4) is 0 Å². The third-order valence-electron chi connectivity index (χ3n) is 2.61. The summed E-state index contributed by atoms with van der Waals surface area (Å²) < 4.78 is 9.65. The molecule has 0 aromatic heterocycles. The SMILES string of the molecule is O=C(O)CCCOC(=O)CCCCC(=O)OCCCC(=O)O. The van der Waals surface area contributed by atoms with Gasteiger partial charge in [-0.3, -0.25) is 19.2 Å². The predicted molar refractivity (Wildman–Crippen MR) is 74.1 cm³/mol. The van der Waals surface area contributed by atoms with Crippen LogP contribution in [0.5, 0.6) is 0 Å². The lowest BCUT2D eigenvalue weighted by atomic mass is 10.2. The third-order valence-corrected chi connectivity index (χ3v) is 2.61. The number of rotatable bonds is 13. The Hall–Kier alpha value is -2.12. The molecule has 0 aromatic carbocycles. The molecule has 0 aliphatic carbocycles. The van der Waals surface area contributed by atoms with E-state index in [0.29, 0.717) is 12.8 Å². The summed E-state index contributed by atoms with van der Waals surface area (Å²) in [4.78, 5) is 43.0. The average Bonchev–Trinajstić information content (AvgIpc) is 2.44. The van der Waals surface area contributed by atoms with Crippen LogP contribution in [0.2, 0.25) is 0 Å². The summed E-state index contributed by atoms with van der Waals surface area (Å²) in [7, 11) is 0. The number of unbranched alkanes of at least 4 members (excludes halogenated alkanes) is 1. The fourth-order valence-corrected chi connectivity index (χ4v) is 1.50. The molecule has 0 radical (unpaired) electrons. The Balaban J connectivity index is 3.43. The van der Waals surface area contributed by atoms with Crippen LogP contribution in [0.15, 0.2) is 0 Å². The van der Waals surface area contributed by atoms with Crippen molar-refractivity contribution in [3.05, 3.63) is 0 Å². The minimum Gasteiger partial charge on any atom is -0.481 e. The van der Waals surface area contributed by atoms with E-state index in [1.807, 2.05) is 0 Å². The molecule has 0 saturated heterocycles. The highest BCUT2D eigenvalue weighted by Crippen LogP contribution is 2.04. The molecule has 0 aliphatic rings. The first kappa shape index (κ1) is 19.9. The standard InChI is InChI=1S/C14H22O8/c15-11(16)5-3-9-21-13(19)7-1-2-8-14(20)22-10-4-6-12(17)18/h1-10H2,(H,15,16)(H,17,18). The molecule has 0 fully saturated rings. The summed E-state index contributed by atoms with van der Waals surface area (Å²) >= 11 is 0. The van der Waals surface area contributed by atoms with E-state index in [1.165, 1.54) is 0 Å². The zero-order chi connectivity index (χ0) is 16.8. The van der Waals surface area contributed by atoms with E-state index in [1.54, 1.807) is 0 Å². The van der Waals surface area contributed by atoms with Crippen molar-refractivity contribution in [2.45, 2.75) is 51.4 Å². The van der Waals surface area contributed by atoms with Gasteiger partial charge in [-0.2, -0.15) is 0 Å². The van der Waals surface area contributed by atoms with Gasteiger partial charge in [-0.15, -0.1) is 0 Å². The van der Waals surface area contributed by atoms with Crippen molar-refractivity contribution in [3.63, 3.8) is 0 Å². The summed E-state index contributed by atoms with van der Waals surface area (Å²) in [6.07, 6.45) is 1.76. The summed E-state index contributed by atoms with van der Waals surface area (Å²) in [6.45, 7) is 0.160. The number of esters is 2. The van der Waals surface area contributed by atoms with Gasteiger partial charge in [0.15, 0.2) is 0 Å². The summed E-state index contributed by atoms with van der Waals surface area (Å²) in [5, 5.41) is 16.8. The molecule has 0 atom stereocenters. The number of hydrogen-bond donors (Lipinski definition) is 2. The van der Waals surface area contributed by atoms with Gasteiger partial charge in [-0.1, -0.05) is 0 Å². The zero-order valence-electron chi connectivity index (χ0n) is 12.4. The van der Waals surface area contributed by atoms with E-state index in [2.05, 4.69) is 0 Å². The molecule has 0 unspecified atom stereocenters. The van der Waals surface area contributed by atoms with Crippen LogP contribution in [0.25, 0.3) is 0 Å². The summed E-state index contributed by atoms with van der Waals surface area (Å²) in [5.74, 6) is -2.70. The van der Waals surface area contributed by atoms with Crippen molar-refractivity contribution in [1.29, 1.82) is 0 Å². The average molecular weight is 318 g/mol. The van der Waals surface area contributed by atoms with Crippen molar-refractivity contribution in [1.82, 2.24) is 0 Å². The molecule has 0 amide bonds. The molecule has 0 aliphatic heterocycles. The summed E-state index contributed by atoms with van der Waals surface area (Å²) in [5.41, 5.74) is 0. The van der Waals surface area contributed by atoms with Gasteiger partial charge in [0.05, 0.1) is 13.2 Å². The molecule has 0 spiro atoms. The summed E-state index contributed by atoms with van der Waals surface area (Å²) in [6, 6.07) is 0. The number of aliphatic carboxylic acids is 2. The van der Waals surface area contributed by atoms with Crippen LogP contribution >= 0.6 is 0 Å². The Morgan fingerprint density at radius 1 is 0.591 bits per heavy atom. The van der Waals surface area contributed by atoms with E-state index >= 15 is 0 Å². The Morgan fingerprint density at radius 2 is 0.955 bits per heavy atom. The first-order chi connectivity index (χ1) is 10.4. The van der Waals surface area contributed by atoms with Crippen molar-refractivity contribution in [2.24, 2.45) is 0 Å². The predicted octanol–water partition coefficient (Wildman–Crippen LogP) is 1.36. The molecule has 0 aromatic rings. The zero-order valence-corrected chi connectivity index (χ0v) is 12.4. The van der Waals surface area contributed by atoms with Crippen LogP contribution in [0, 0.1) is 0 Å². The fraction of sp³-hybridized carbons (Fsp3) is 0.714. The highest BCUT2D eigenvalue weighted by Gasteiger charge is 2.07. The van der Waals surface area contributed by atoms with Gasteiger partial charge in [0.25, 0.3) is 0 Å². The highest BCUT2D eigenvalue weighted by atomic mass is 16.5. The second-order valence-corrected chi connectivity index (χ2v) is 4.64. The molecular formula is C14H22O8. The van der Waals surface area contributed by atoms with Crippen LogP contribution < -0.4 is 0 Å². The monoisotopic (exact) mass is 318 g/mol. The molecular weight excluding hydrogens is 296 g/mol. The smallest absolute Gasteiger partial charge is 0.305 e. The van der Waals surface area contributed by atoms with Gasteiger partial charge < -0.3 is 19.7 Å². The van der Waals surface area contributed by atoms with Crippen molar-refractivity contribution in [3.8, 4) is 0 Å². The van der Waals surface area contributed by atoms with Crippen LogP contribution in [-0.2, 0) is 28.7 Å². The Labute approximate surface area is 128 Å². The Bertz CT molecular complexity index is 341. The molecule has 8 heteroatoms. The first-order valence-corrected chi connectivity index (χ1v) is 7.16. The number of carboxylic acids is 2. The number of carboxylic acid groups (broad SMARTS) is 2. The molecule has 2 N–H and O–H groups in total. The van der Waals surface area contributed by atoms with Gasteiger partial charge in [-0.05, 0) is 25.7 Å². The molecule has 0 bridgehead atoms. The van der Waals surface area contributed by atoms with Crippen molar-refractivity contribution in [2.75, 3.05) is 13.2 Å². The first-order valence-electron chi connectivity index (χ1n) is 7.16. The van der Waals surface area contributed by atoms with E-state index in [0.717, 1.165) is 0 Å². The third kappa shape index (κ3) is 14.3. The van der Waals surface area contributed by atoms with E-state index in [9.17, 15) is 19.2 Å². The minimum atomic E-state index is -0.932. The van der Waals surface area contributed by atoms with Crippen LogP contribution in [0.4, 0.5) is 0 Å². The maximum Gasteiger partial charge on any atom is 0.305 e. The number of ether oxygens (including phenoxy) is 2. The topological polar surface area (TPSA) is 127 Å².